The summed E-state index contributed by atoms with van der Waals surface area (Å²) in [5.41, 5.74) is 2.69. The number of halogens is 1. The van der Waals surface area contributed by atoms with Crippen LogP contribution in [0.25, 0.3) is 22.6 Å². The van der Waals surface area contributed by atoms with Gasteiger partial charge in [-0.1, -0.05) is 23.7 Å². The molecule has 3 aromatic rings. The first-order valence-corrected chi connectivity index (χ1v) is 7.56. The van der Waals surface area contributed by atoms with E-state index in [2.05, 4.69) is 25.3 Å². The van der Waals surface area contributed by atoms with Gasteiger partial charge in [0.2, 0.25) is 5.95 Å². The van der Waals surface area contributed by atoms with E-state index in [-0.39, 0.29) is 0 Å². The summed E-state index contributed by atoms with van der Waals surface area (Å²) in [4.78, 5) is 16.5. The fraction of sp³-hybridized carbons (Fsp3) is 0.188. The summed E-state index contributed by atoms with van der Waals surface area (Å²) in [5.74, 6) is 1.41. The molecule has 0 radical (unpaired) electrons. The second-order valence-corrected chi connectivity index (χ2v) is 5.76. The summed E-state index contributed by atoms with van der Waals surface area (Å²) in [7, 11) is 0. The van der Waals surface area contributed by atoms with Gasteiger partial charge in [-0.2, -0.15) is 0 Å². The fourth-order valence-electron chi connectivity index (χ4n) is 2.28. The number of aromatic nitrogens is 4. The number of benzene rings is 1. The predicted octanol–water partition coefficient (Wildman–Crippen LogP) is 3.76. The third kappa shape index (κ3) is 2.67. The van der Waals surface area contributed by atoms with Crippen molar-refractivity contribution in [1.82, 2.24) is 19.9 Å². The van der Waals surface area contributed by atoms with Crippen LogP contribution in [-0.2, 0) is 0 Å². The molecule has 0 amide bonds. The summed E-state index contributed by atoms with van der Waals surface area (Å²) in [6, 6.07) is 8.14. The second-order valence-electron chi connectivity index (χ2n) is 5.32. The van der Waals surface area contributed by atoms with Crippen LogP contribution in [-0.4, -0.2) is 26.0 Å². The Hall–Kier alpha value is -2.40. The molecule has 6 heteroatoms. The van der Waals surface area contributed by atoms with Gasteiger partial charge in [0.1, 0.15) is 5.82 Å². The molecule has 1 aliphatic carbocycles. The smallest absolute Gasteiger partial charge is 0.223 e. The molecule has 0 aliphatic heterocycles. The first kappa shape index (κ1) is 13.3. The minimum absolute atomic E-state index is 0.507. The zero-order chi connectivity index (χ0) is 14.9. The quantitative estimate of drug-likeness (QED) is 0.770. The Bertz CT molecular complexity index is 779. The standard InChI is InChI=1S/C16H14ClN5/c17-11-3-1-10(2-4-11)14-13(15-18-7-8-19-15)9-20-16(22-14)21-12-5-6-12/h1-4,7-9,12H,5-6H2,(H,18,19)(H,20,21,22). The van der Waals surface area contributed by atoms with Gasteiger partial charge in [0.15, 0.2) is 0 Å². The molecule has 1 aliphatic rings. The Kier molecular flexibility index (Phi) is 3.27. The van der Waals surface area contributed by atoms with Crippen molar-refractivity contribution in [3.8, 4) is 22.6 Å². The van der Waals surface area contributed by atoms with Gasteiger partial charge in [-0.05, 0) is 25.0 Å². The van der Waals surface area contributed by atoms with E-state index in [1.165, 1.54) is 12.8 Å². The highest BCUT2D eigenvalue weighted by Crippen LogP contribution is 2.31. The molecule has 1 aromatic carbocycles. The Morgan fingerprint density at radius 1 is 1.14 bits per heavy atom. The number of imidazole rings is 1. The maximum Gasteiger partial charge on any atom is 0.223 e. The molecule has 2 heterocycles. The molecule has 0 spiro atoms. The monoisotopic (exact) mass is 311 g/mol. The number of H-pyrrole nitrogens is 1. The lowest BCUT2D eigenvalue weighted by Gasteiger charge is -2.10. The highest BCUT2D eigenvalue weighted by molar-refractivity contribution is 6.30. The largest absolute Gasteiger partial charge is 0.351 e. The molecule has 22 heavy (non-hydrogen) atoms. The van der Waals surface area contributed by atoms with E-state index in [0.717, 1.165) is 22.6 Å². The van der Waals surface area contributed by atoms with E-state index in [9.17, 15) is 0 Å². The average Bonchev–Trinajstić information content (AvgIpc) is 3.18. The lowest BCUT2D eigenvalue weighted by Crippen LogP contribution is -2.06. The van der Waals surface area contributed by atoms with Gasteiger partial charge in [0, 0.05) is 35.2 Å². The zero-order valence-corrected chi connectivity index (χ0v) is 12.5. The third-order valence-corrected chi connectivity index (χ3v) is 3.82. The van der Waals surface area contributed by atoms with Crippen LogP contribution in [0.2, 0.25) is 5.02 Å². The molecule has 1 fully saturated rings. The molecule has 0 unspecified atom stereocenters. The van der Waals surface area contributed by atoms with Crippen LogP contribution in [0.1, 0.15) is 12.8 Å². The summed E-state index contributed by atoms with van der Waals surface area (Å²) in [5, 5.41) is 4.03. The molecule has 0 atom stereocenters. The van der Waals surface area contributed by atoms with Crippen LogP contribution in [0, 0.1) is 0 Å². The Morgan fingerprint density at radius 2 is 1.95 bits per heavy atom. The molecule has 0 saturated heterocycles. The first-order chi connectivity index (χ1) is 10.8. The average molecular weight is 312 g/mol. The van der Waals surface area contributed by atoms with Crippen molar-refractivity contribution < 1.29 is 0 Å². The van der Waals surface area contributed by atoms with Crippen molar-refractivity contribution in [1.29, 1.82) is 0 Å². The topological polar surface area (TPSA) is 66.5 Å². The van der Waals surface area contributed by atoms with Crippen LogP contribution >= 0.6 is 11.6 Å². The normalized spacial score (nSPS) is 14.0. The van der Waals surface area contributed by atoms with Gasteiger partial charge in [-0.15, -0.1) is 0 Å². The summed E-state index contributed by atoms with van der Waals surface area (Å²) in [6.07, 6.45) is 7.67. The molecule has 1 saturated carbocycles. The lowest BCUT2D eigenvalue weighted by atomic mass is 10.1. The third-order valence-electron chi connectivity index (χ3n) is 3.57. The van der Waals surface area contributed by atoms with E-state index in [4.69, 9.17) is 11.6 Å². The molecule has 110 valence electrons. The van der Waals surface area contributed by atoms with E-state index >= 15 is 0 Å². The van der Waals surface area contributed by atoms with E-state index in [0.29, 0.717) is 17.0 Å². The Morgan fingerprint density at radius 3 is 2.64 bits per heavy atom. The maximum absolute atomic E-state index is 5.98. The van der Waals surface area contributed by atoms with Crippen LogP contribution in [0.4, 0.5) is 5.95 Å². The number of aromatic amines is 1. The van der Waals surface area contributed by atoms with E-state index in [1.54, 1.807) is 18.6 Å². The highest BCUT2D eigenvalue weighted by atomic mass is 35.5. The molecular formula is C16H14ClN5. The Labute approximate surface area is 132 Å². The second kappa shape index (κ2) is 5.42. The number of anilines is 1. The number of hydrogen-bond acceptors (Lipinski definition) is 4. The van der Waals surface area contributed by atoms with Crippen LogP contribution in [0.3, 0.4) is 0 Å². The van der Waals surface area contributed by atoms with Crippen LogP contribution in [0.15, 0.2) is 42.9 Å². The minimum atomic E-state index is 0.507. The van der Waals surface area contributed by atoms with Crippen molar-refractivity contribution in [3.05, 3.63) is 47.9 Å². The highest BCUT2D eigenvalue weighted by Gasteiger charge is 2.22. The SMILES string of the molecule is Clc1ccc(-c2nc(NC3CC3)ncc2-c2ncc[nH]2)cc1. The van der Waals surface area contributed by atoms with Crippen LogP contribution < -0.4 is 5.32 Å². The van der Waals surface area contributed by atoms with Crippen molar-refractivity contribution in [2.75, 3.05) is 5.32 Å². The molecule has 2 aromatic heterocycles. The number of rotatable bonds is 4. The van der Waals surface area contributed by atoms with Crippen molar-refractivity contribution in [3.63, 3.8) is 0 Å². The van der Waals surface area contributed by atoms with Crippen molar-refractivity contribution in [2.24, 2.45) is 0 Å². The van der Waals surface area contributed by atoms with Gasteiger partial charge < -0.3 is 10.3 Å². The molecule has 0 bridgehead atoms. The predicted molar refractivity (Wildman–Crippen MR) is 86.7 cm³/mol. The molecule has 5 nitrogen and oxygen atoms in total. The Balaban J connectivity index is 1.81. The van der Waals surface area contributed by atoms with Gasteiger partial charge in [0.25, 0.3) is 0 Å². The number of nitrogens with zero attached hydrogens (tertiary/aromatic N) is 3. The number of hydrogen-bond donors (Lipinski definition) is 2. The van der Waals surface area contributed by atoms with Crippen molar-refractivity contribution in [2.45, 2.75) is 18.9 Å². The van der Waals surface area contributed by atoms with E-state index in [1.807, 2.05) is 24.3 Å². The minimum Gasteiger partial charge on any atom is -0.351 e. The van der Waals surface area contributed by atoms with Gasteiger partial charge >= 0.3 is 0 Å². The van der Waals surface area contributed by atoms with Gasteiger partial charge in [0.05, 0.1) is 11.3 Å². The lowest BCUT2D eigenvalue weighted by molar-refractivity contribution is 1.05. The molecular weight excluding hydrogens is 298 g/mol. The van der Waals surface area contributed by atoms with Gasteiger partial charge in [-0.3, -0.25) is 0 Å². The fourth-order valence-corrected chi connectivity index (χ4v) is 2.40. The summed E-state index contributed by atoms with van der Waals surface area (Å²) in [6.45, 7) is 0. The zero-order valence-electron chi connectivity index (χ0n) is 11.8. The van der Waals surface area contributed by atoms with Crippen LogP contribution in [0.5, 0.6) is 0 Å². The molecule has 4 rings (SSSR count). The summed E-state index contributed by atoms with van der Waals surface area (Å²) < 4.78 is 0. The molecule has 2 N–H and O–H groups in total. The maximum atomic E-state index is 5.98. The number of nitrogens with one attached hydrogen (secondary N) is 2. The van der Waals surface area contributed by atoms with E-state index < -0.39 is 0 Å². The summed E-state index contributed by atoms with van der Waals surface area (Å²) >= 11 is 5.98. The van der Waals surface area contributed by atoms with Gasteiger partial charge in [-0.25, -0.2) is 15.0 Å². The first-order valence-electron chi connectivity index (χ1n) is 7.19. The van der Waals surface area contributed by atoms with Crippen molar-refractivity contribution >= 4 is 17.5 Å².